The Morgan fingerprint density at radius 2 is 1.93 bits per heavy atom. The number of rotatable bonds is 6. The van der Waals surface area contributed by atoms with Gasteiger partial charge in [0, 0.05) is 19.2 Å². The van der Waals surface area contributed by atoms with Crippen LogP contribution in [0.1, 0.15) is 28.4 Å². The molecule has 136 valence electrons. The molecule has 3 aromatic heterocycles. The normalized spacial score (nSPS) is 11.0. The molecular formula is C18H18N8O. The molecule has 9 nitrogen and oxygen atoms in total. The molecule has 1 amide bonds. The summed E-state index contributed by atoms with van der Waals surface area (Å²) in [5.41, 5.74) is 2.00. The van der Waals surface area contributed by atoms with Crippen LogP contribution in [0.15, 0.2) is 48.7 Å². The fourth-order valence-corrected chi connectivity index (χ4v) is 2.91. The van der Waals surface area contributed by atoms with E-state index in [4.69, 9.17) is 0 Å². The molecule has 0 unspecified atom stereocenters. The summed E-state index contributed by atoms with van der Waals surface area (Å²) in [5.74, 6) is 1.34. The molecule has 4 aromatic rings. The summed E-state index contributed by atoms with van der Waals surface area (Å²) in [6, 6.07) is 13.0. The third-order valence-corrected chi connectivity index (χ3v) is 4.25. The van der Waals surface area contributed by atoms with Gasteiger partial charge in [-0.05, 0) is 48.0 Å². The molecule has 0 aliphatic carbocycles. The van der Waals surface area contributed by atoms with Gasteiger partial charge in [0.05, 0.1) is 11.3 Å². The van der Waals surface area contributed by atoms with Crippen LogP contribution in [0.25, 0.3) is 11.3 Å². The van der Waals surface area contributed by atoms with E-state index in [2.05, 4.69) is 31.0 Å². The highest BCUT2D eigenvalue weighted by Gasteiger charge is 2.14. The maximum atomic E-state index is 12.6. The van der Waals surface area contributed by atoms with Gasteiger partial charge in [-0.15, -0.1) is 15.3 Å². The first kappa shape index (κ1) is 16.8. The summed E-state index contributed by atoms with van der Waals surface area (Å²) in [5, 5.41) is 22.8. The van der Waals surface area contributed by atoms with Crippen molar-refractivity contribution < 1.29 is 4.79 Å². The monoisotopic (exact) mass is 362 g/mol. The van der Waals surface area contributed by atoms with Crippen LogP contribution < -0.4 is 5.32 Å². The fourth-order valence-electron chi connectivity index (χ4n) is 2.91. The van der Waals surface area contributed by atoms with E-state index in [0.29, 0.717) is 23.6 Å². The average molecular weight is 362 g/mol. The number of aromatic nitrogens is 7. The van der Waals surface area contributed by atoms with E-state index in [1.165, 1.54) is 0 Å². The molecule has 4 rings (SSSR count). The maximum Gasteiger partial charge on any atom is 0.253 e. The number of amides is 1. The predicted octanol–water partition coefficient (Wildman–Crippen LogP) is 1.38. The van der Waals surface area contributed by atoms with Crippen LogP contribution in [0.5, 0.6) is 0 Å². The molecule has 0 saturated carbocycles. The maximum absolute atomic E-state index is 12.6. The van der Waals surface area contributed by atoms with Crippen molar-refractivity contribution >= 4 is 11.6 Å². The molecule has 27 heavy (non-hydrogen) atoms. The summed E-state index contributed by atoms with van der Waals surface area (Å²) in [7, 11) is 0. The Bertz CT molecular complexity index is 1080. The molecule has 0 aliphatic heterocycles. The zero-order valence-corrected chi connectivity index (χ0v) is 14.8. The van der Waals surface area contributed by atoms with Crippen molar-refractivity contribution in [3.63, 3.8) is 0 Å². The van der Waals surface area contributed by atoms with Crippen molar-refractivity contribution in [3.8, 4) is 5.69 Å². The van der Waals surface area contributed by atoms with E-state index >= 15 is 0 Å². The number of benzene rings is 1. The number of carbonyl (C=O) groups excluding carboxylic acids is 1. The fraction of sp³-hybridized carbons (Fsp3) is 0.222. The minimum Gasteiger partial charge on any atom is -0.352 e. The summed E-state index contributed by atoms with van der Waals surface area (Å²) >= 11 is 0. The van der Waals surface area contributed by atoms with E-state index in [1.54, 1.807) is 17.7 Å². The first-order chi connectivity index (χ1) is 13.2. The third-order valence-electron chi connectivity index (χ3n) is 4.25. The van der Waals surface area contributed by atoms with Gasteiger partial charge in [0.25, 0.3) is 5.91 Å². The van der Waals surface area contributed by atoms with Crippen LogP contribution in [-0.4, -0.2) is 47.3 Å². The summed E-state index contributed by atoms with van der Waals surface area (Å²) < 4.78 is 3.51. The van der Waals surface area contributed by atoms with Crippen molar-refractivity contribution in [1.82, 2.24) is 40.1 Å². The van der Waals surface area contributed by atoms with Gasteiger partial charge in [-0.1, -0.05) is 18.2 Å². The SMILES string of the molecule is Cc1nnnn1-c1ccccc1C(=O)NCCCc1nnc2ccccn12. The van der Waals surface area contributed by atoms with Crippen LogP contribution in [0.2, 0.25) is 0 Å². The molecule has 0 atom stereocenters. The van der Waals surface area contributed by atoms with Crippen LogP contribution in [-0.2, 0) is 6.42 Å². The summed E-state index contributed by atoms with van der Waals surface area (Å²) in [4.78, 5) is 12.6. The summed E-state index contributed by atoms with van der Waals surface area (Å²) in [6.07, 6.45) is 3.42. The lowest BCUT2D eigenvalue weighted by Gasteiger charge is -2.10. The lowest BCUT2D eigenvalue weighted by atomic mass is 10.1. The zero-order chi connectivity index (χ0) is 18.6. The number of para-hydroxylation sites is 1. The van der Waals surface area contributed by atoms with Gasteiger partial charge in [0.2, 0.25) is 0 Å². The smallest absolute Gasteiger partial charge is 0.253 e. The molecule has 0 fully saturated rings. The average Bonchev–Trinajstić information content (AvgIpc) is 3.31. The van der Waals surface area contributed by atoms with Crippen LogP contribution in [0.4, 0.5) is 0 Å². The second-order valence-corrected chi connectivity index (χ2v) is 6.06. The van der Waals surface area contributed by atoms with Crippen molar-refractivity contribution in [2.24, 2.45) is 0 Å². The summed E-state index contributed by atoms with van der Waals surface area (Å²) in [6.45, 7) is 2.32. The van der Waals surface area contributed by atoms with Gasteiger partial charge in [0.1, 0.15) is 5.82 Å². The molecule has 0 bridgehead atoms. The molecule has 1 N–H and O–H groups in total. The Kier molecular flexibility index (Phi) is 4.56. The first-order valence-corrected chi connectivity index (χ1v) is 8.65. The van der Waals surface area contributed by atoms with E-state index in [1.807, 2.05) is 47.0 Å². The van der Waals surface area contributed by atoms with Crippen LogP contribution in [0, 0.1) is 6.92 Å². The number of aryl methyl sites for hydroxylation is 2. The van der Waals surface area contributed by atoms with Gasteiger partial charge in [-0.25, -0.2) is 0 Å². The number of pyridine rings is 1. The van der Waals surface area contributed by atoms with Gasteiger partial charge in [0.15, 0.2) is 11.5 Å². The second-order valence-electron chi connectivity index (χ2n) is 6.06. The Morgan fingerprint density at radius 3 is 2.78 bits per heavy atom. The molecular weight excluding hydrogens is 344 g/mol. The Morgan fingerprint density at radius 1 is 1.07 bits per heavy atom. The van der Waals surface area contributed by atoms with Crippen molar-refractivity contribution in [3.05, 3.63) is 65.9 Å². The molecule has 0 saturated heterocycles. The highest BCUT2D eigenvalue weighted by atomic mass is 16.1. The number of nitrogens with zero attached hydrogens (tertiary/aromatic N) is 7. The van der Waals surface area contributed by atoms with Crippen LogP contribution >= 0.6 is 0 Å². The second kappa shape index (κ2) is 7.32. The van der Waals surface area contributed by atoms with Gasteiger partial charge >= 0.3 is 0 Å². The highest BCUT2D eigenvalue weighted by molar-refractivity contribution is 5.97. The van der Waals surface area contributed by atoms with Gasteiger partial charge < -0.3 is 5.32 Å². The highest BCUT2D eigenvalue weighted by Crippen LogP contribution is 2.14. The van der Waals surface area contributed by atoms with Crippen molar-refractivity contribution in [2.75, 3.05) is 6.54 Å². The van der Waals surface area contributed by atoms with Crippen molar-refractivity contribution in [1.29, 1.82) is 0 Å². The number of carbonyl (C=O) groups is 1. The van der Waals surface area contributed by atoms with E-state index in [-0.39, 0.29) is 5.91 Å². The molecule has 3 heterocycles. The van der Waals surface area contributed by atoms with E-state index < -0.39 is 0 Å². The minimum absolute atomic E-state index is 0.161. The van der Waals surface area contributed by atoms with Crippen molar-refractivity contribution in [2.45, 2.75) is 19.8 Å². The van der Waals surface area contributed by atoms with Gasteiger partial charge in [-0.2, -0.15) is 4.68 Å². The number of hydrogen-bond donors (Lipinski definition) is 1. The third kappa shape index (κ3) is 3.39. The van der Waals surface area contributed by atoms with E-state index in [9.17, 15) is 4.79 Å². The molecule has 0 aliphatic rings. The lowest BCUT2D eigenvalue weighted by Crippen LogP contribution is -2.26. The quantitative estimate of drug-likeness (QED) is 0.520. The number of hydrogen-bond acceptors (Lipinski definition) is 6. The number of nitrogens with one attached hydrogen (secondary N) is 1. The topological polar surface area (TPSA) is 103 Å². The van der Waals surface area contributed by atoms with E-state index in [0.717, 1.165) is 24.3 Å². The molecule has 0 radical (unpaired) electrons. The molecule has 9 heteroatoms. The minimum atomic E-state index is -0.161. The Labute approximate surface area is 155 Å². The van der Waals surface area contributed by atoms with Crippen LogP contribution in [0.3, 0.4) is 0 Å². The zero-order valence-electron chi connectivity index (χ0n) is 14.8. The molecule has 1 aromatic carbocycles. The first-order valence-electron chi connectivity index (χ1n) is 8.65. The number of tetrazole rings is 1. The number of fused-ring (bicyclic) bond motifs is 1. The Hall–Kier alpha value is -3.62. The Balaban J connectivity index is 1.40. The molecule has 0 spiro atoms. The standard InChI is InChI=1S/C18H18N8O/c1-13-20-23-24-26(13)15-8-3-2-7-14(15)18(27)19-11-6-10-17-22-21-16-9-4-5-12-25(16)17/h2-5,7-9,12H,6,10-11H2,1H3,(H,19,27). The lowest BCUT2D eigenvalue weighted by molar-refractivity contribution is 0.0953. The largest absolute Gasteiger partial charge is 0.352 e. The predicted molar refractivity (Wildman–Crippen MR) is 97.5 cm³/mol. The van der Waals surface area contributed by atoms with Gasteiger partial charge in [-0.3, -0.25) is 9.20 Å².